The van der Waals surface area contributed by atoms with Crippen LogP contribution >= 0.6 is 0 Å². The second-order valence-corrected chi connectivity index (χ2v) is 8.31. The summed E-state index contributed by atoms with van der Waals surface area (Å²) in [6, 6.07) is 13.6. The zero-order chi connectivity index (χ0) is 25.8. The Morgan fingerprint density at radius 3 is 2.92 bits per heavy atom. The van der Waals surface area contributed by atoms with Gasteiger partial charge in [0, 0.05) is 35.9 Å². The topological polar surface area (TPSA) is 110 Å². The minimum absolute atomic E-state index is 0.161. The fourth-order valence-corrected chi connectivity index (χ4v) is 4.11. The minimum atomic E-state index is -0.450. The van der Waals surface area contributed by atoms with Gasteiger partial charge in [0.05, 0.1) is 24.9 Å². The fourth-order valence-electron chi connectivity index (χ4n) is 4.11. The maximum absolute atomic E-state index is 15.1. The molecule has 2 aromatic carbocycles. The Morgan fingerprint density at radius 2 is 2.14 bits per heavy atom. The normalized spacial score (nSPS) is 15.2. The number of ether oxygens (including phenoxy) is 2. The molecule has 188 valence electrons. The number of fused-ring (bicyclic) bond motifs is 1. The molecule has 0 saturated carbocycles. The summed E-state index contributed by atoms with van der Waals surface area (Å²) in [6.45, 7) is 5.55. The number of benzene rings is 2. The smallest absolute Gasteiger partial charge is 0.247 e. The van der Waals surface area contributed by atoms with Crippen molar-refractivity contribution in [2.45, 2.75) is 6.10 Å². The number of amides is 1. The molecule has 5 rings (SSSR count). The number of hydrogen-bond acceptors (Lipinski definition) is 8. The van der Waals surface area contributed by atoms with Crippen LogP contribution in [0.4, 0.5) is 21.7 Å². The number of rotatable bonds is 7. The molecule has 1 fully saturated rings. The lowest BCUT2D eigenvalue weighted by Gasteiger charge is -2.23. The van der Waals surface area contributed by atoms with Crippen molar-refractivity contribution in [3.05, 3.63) is 78.9 Å². The second-order valence-electron chi connectivity index (χ2n) is 8.31. The second kappa shape index (κ2) is 10.7. The van der Waals surface area contributed by atoms with Gasteiger partial charge in [-0.2, -0.15) is 0 Å². The van der Waals surface area contributed by atoms with Gasteiger partial charge in [-0.1, -0.05) is 18.7 Å². The zero-order valence-electron chi connectivity index (χ0n) is 20.1. The van der Waals surface area contributed by atoms with Gasteiger partial charge in [0.2, 0.25) is 17.7 Å². The van der Waals surface area contributed by atoms with E-state index in [4.69, 9.17) is 9.47 Å². The van der Waals surface area contributed by atoms with E-state index in [0.717, 1.165) is 12.2 Å². The molecule has 0 bridgehead atoms. The van der Waals surface area contributed by atoms with Crippen molar-refractivity contribution in [2.24, 2.45) is 0 Å². The van der Waals surface area contributed by atoms with Gasteiger partial charge < -0.3 is 25.4 Å². The van der Waals surface area contributed by atoms with Crippen LogP contribution in [0, 0.1) is 5.82 Å². The minimum Gasteiger partial charge on any atom is -0.480 e. The highest BCUT2D eigenvalue weighted by molar-refractivity contribution is 6.00. The van der Waals surface area contributed by atoms with Gasteiger partial charge in [0.1, 0.15) is 17.6 Å². The predicted molar refractivity (Wildman–Crippen MR) is 139 cm³/mol. The SMILES string of the molecule is C=CC(=O)Nc1cccc(-c2c(F)ccc3cnc(Nc4ccc(C5CNCCO5)nc4OC)nc23)c1. The third-order valence-corrected chi connectivity index (χ3v) is 5.89. The molecule has 1 saturated heterocycles. The monoisotopic (exact) mass is 500 g/mol. The summed E-state index contributed by atoms with van der Waals surface area (Å²) in [5.74, 6) is -0.197. The Bertz CT molecular complexity index is 1470. The van der Waals surface area contributed by atoms with Crippen molar-refractivity contribution in [3.63, 3.8) is 0 Å². The molecule has 3 heterocycles. The Kier molecular flexibility index (Phi) is 7.02. The quantitative estimate of drug-likeness (QED) is 0.321. The van der Waals surface area contributed by atoms with E-state index >= 15 is 4.39 Å². The van der Waals surface area contributed by atoms with Gasteiger partial charge in [0.15, 0.2) is 0 Å². The van der Waals surface area contributed by atoms with E-state index in [1.807, 2.05) is 12.1 Å². The van der Waals surface area contributed by atoms with Crippen LogP contribution in [0.5, 0.6) is 5.88 Å². The van der Waals surface area contributed by atoms with Crippen LogP contribution < -0.4 is 20.7 Å². The summed E-state index contributed by atoms with van der Waals surface area (Å²) in [4.78, 5) is 25.3. The molecule has 1 unspecified atom stereocenters. The van der Waals surface area contributed by atoms with Crippen LogP contribution in [-0.2, 0) is 9.53 Å². The highest BCUT2D eigenvalue weighted by Gasteiger charge is 2.20. The molecule has 1 aliphatic heterocycles. The van der Waals surface area contributed by atoms with E-state index in [-0.39, 0.29) is 18.0 Å². The molecule has 0 aliphatic carbocycles. The first kappa shape index (κ1) is 24.3. The van der Waals surface area contributed by atoms with E-state index in [2.05, 4.69) is 37.5 Å². The molecule has 10 heteroatoms. The van der Waals surface area contributed by atoms with Crippen molar-refractivity contribution >= 4 is 34.1 Å². The number of hydrogen-bond donors (Lipinski definition) is 3. The standard InChI is InChI=1S/C27H25FN6O3/c1-3-23(35)31-18-6-4-5-16(13-18)24-19(28)8-7-17-14-30-27(34-25(17)24)33-21-10-9-20(32-26(21)36-2)22-15-29-11-12-37-22/h3-10,13-14,22,29H,1,11-12,15H2,2H3,(H,31,35)(H,30,33,34). The molecular formula is C27H25FN6O3. The Morgan fingerprint density at radius 1 is 1.24 bits per heavy atom. The molecular weight excluding hydrogens is 475 g/mol. The van der Waals surface area contributed by atoms with Crippen LogP contribution in [0.2, 0.25) is 0 Å². The summed E-state index contributed by atoms with van der Waals surface area (Å²) in [5, 5.41) is 9.77. The highest BCUT2D eigenvalue weighted by atomic mass is 19.1. The van der Waals surface area contributed by atoms with Crippen molar-refractivity contribution in [1.82, 2.24) is 20.3 Å². The van der Waals surface area contributed by atoms with Gasteiger partial charge >= 0.3 is 0 Å². The van der Waals surface area contributed by atoms with Gasteiger partial charge in [-0.3, -0.25) is 4.79 Å². The first-order valence-electron chi connectivity index (χ1n) is 11.7. The summed E-state index contributed by atoms with van der Waals surface area (Å²) < 4.78 is 26.4. The first-order valence-corrected chi connectivity index (χ1v) is 11.7. The molecule has 3 N–H and O–H groups in total. The van der Waals surface area contributed by atoms with Gasteiger partial charge in [-0.25, -0.2) is 19.3 Å². The van der Waals surface area contributed by atoms with Crippen molar-refractivity contribution in [2.75, 3.05) is 37.4 Å². The lowest BCUT2D eigenvalue weighted by Crippen LogP contribution is -2.33. The molecule has 9 nitrogen and oxygen atoms in total. The van der Waals surface area contributed by atoms with Crippen LogP contribution in [-0.4, -0.2) is 47.7 Å². The maximum atomic E-state index is 15.1. The number of nitrogens with one attached hydrogen (secondary N) is 3. The summed E-state index contributed by atoms with van der Waals surface area (Å²) in [6.07, 6.45) is 2.63. The molecule has 0 radical (unpaired) electrons. The zero-order valence-corrected chi connectivity index (χ0v) is 20.1. The molecule has 37 heavy (non-hydrogen) atoms. The number of morpholine rings is 1. The summed E-state index contributed by atoms with van der Waals surface area (Å²) in [5.41, 5.74) is 3.08. The molecule has 4 aromatic rings. The molecule has 1 amide bonds. The van der Waals surface area contributed by atoms with Crippen LogP contribution in [0.3, 0.4) is 0 Å². The van der Waals surface area contributed by atoms with Gasteiger partial charge in [-0.05, 0) is 48.0 Å². The van der Waals surface area contributed by atoms with E-state index in [1.54, 1.807) is 36.5 Å². The number of methoxy groups -OCH3 is 1. The Hall–Kier alpha value is -4.41. The Labute approximate surface area is 212 Å². The summed E-state index contributed by atoms with van der Waals surface area (Å²) >= 11 is 0. The van der Waals surface area contributed by atoms with Gasteiger partial charge in [0.25, 0.3) is 0 Å². The fraction of sp³-hybridized carbons (Fsp3) is 0.185. The van der Waals surface area contributed by atoms with Crippen LogP contribution in [0.25, 0.3) is 22.0 Å². The van der Waals surface area contributed by atoms with E-state index in [9.17, 15) is 4.79 Å². The maximum Gasteiger partial charge on any atom is 0.247 e. The van der Waals surface area contributed by atoms with Crippen LogP contribution in [0.15, 0.2) is 67.4 Å². The number of halogens is 1. The summed E-state index contributed by atoms with van der Waals surface area (Å²) in [7, 11) is 1.53. The molecule has 2 aromatic heterocycles. The number of aromatic nitrogens is 3. The number of nitrogens with zero attached hydrogens (tertiary/aromatic N) is 3. The third-order valence-electron chi connectivity index (χ3n) is 5.89. The number of pyridine rings is 1. The van der Waals surface area contributed by atoms with E-state index in [1.165, 1.54) is 19.3 Å². The van der Waals surface area contributed by atoms with E-state index in [0.29, 0.717) is 52.4 Å². The van der Waals surface area contributed by atoms with Crippen LogP contribution in [0.1, 0.15) is 11.8 Å². The third kappa shape index (κ3) is 5.25. The highest BCUT2D eigenvalue weighted by Crippen LogP contribution is 2.33. The average molecular weight is 501 g/mol. The molecule has 0 spiro atoms. The molecule has 1 aliphatic rings. The first-order chi connectivity index (χ1) is 18.1. The lowest BCUT2D eigenvalue weighted by molar-refractivity contribution is -0.111. The number of anilines is 3. The predicted octanol–water partition coefficient (Wildman–Crippen LogP) is 4.37. The van der Waals surface area contributed by atoms with Crippen molar-refractivity contribution < 1.29 is 18.7 Å². The Balaban J connectivity index is 1.49. The van der Waals surface area contributed by atoms with E-state index < -0.39 is 5.82 Å². The number of carbonyl (C=O) groups excluding carboxylic acids is 1. The largest absolute Gasteiger partial charge is 0.480 e. The van der Waals surface area contributed by atoms with Gasteiger partial charge in [-0.15, -0.1) is 0 Å². The number of carbonyl (C=O) groups is 1. The average Bonchev–Trinajstić information content (AvgIpc) is 2.93. The molecule has 1 atom stereocenters. The lowest BCUT2D eigenvalue weighted by atomic mass is 10.0. The van der Waals surface area contributed by atoms with Crippen molar-refractivity contribution in [1.29, 1.82) is 0 Å². The van der Waals surface area contributed by atoms with Crippen molar-refractivity contribution in [3.8, 4) is 17.0 Å².